The third kappa shape index (κ3) is 4.71. The molecule has 0 rings (SSSR count). The van der Waals surface area contributed by atoms with Gasteiger partial charge in [-0.15, -0.1) is 0 Å². The molecule has 2 heteroatoms. The lowest BCUT2D eigenvalue weighted by molar-refractivity contribution is -0.138. The fourth-order valence-corrected chi connectivity index (χ4v) is 1.02. The van der Waals surface area contributed by atoms with E-state index >= 15 is 0 Å². The summed E-state index contributed by atoms with van der Waals surface area (Å²) in [6.07, 6.45) is 3.82. The van der Waals surface area contributed by atoms with Crippen molar-refractivity contribution in [3.05, 3.63) is 11.6 Å². The van der Waals surface area contributed by atoms with Gasteiger partial charge in [0, 0.05) is 5.57 Å². The maximum Gasteiger partial charge on any atom is 0.333 e. The van der Waals surface area contributed by atoms with Crippen LogP contribution in [-0.2, 0) is 9.53 Å². The van der Waals surface area contributed by atoms with Crippen molar-refractivity contribution in [3.8, 4) is 0 Å². The van der Waals surface area contributed by atoms with Crippen molar-refractivity contribution in [1.29, 1.82) is 0 Å². The number of hydrogen-bond acceptors (Lipinski definition) is 2. The Bertz CT molecular complexity index is 183. The molecule has 0 aliphatic heterocycles. The highest BCUT2D eigenvalue weighted by Crippen LogP contribution is 2.11. The van der Waals surface area contributed by atoms with Crippen LogP contribution in [0, 0.1) is 5.92 Å². The van der Waals surface area contributed by atoms with Crippen LogP contribution in [0.25, 0.3) is 0 Å². The van der Waals surface area contributed by atoms with Gasteiger partial charge >= 0.3 is 5.97 Å². The van der Waals surface area contributed by atoms with Gasteiger partial charge in [-0.1, -0.05) is 33.3 Å². The van der Waals surface area contributed by atoms with Gasteiger partial charge in [0.15, 0.2) is 0 Å². The summed E-state index contributed by atoms with van der Waals surface area (Å²) in [6.45, 7) is 8.48. The first-order valence-corrected chi connectivity index (χ1v) is 5.03. The van der Waals surface area contributed by atoms with Crippen LogP contribution in [0.2, 0.25) is 0 Å². The molecule has 0 aromatic heterocycles. The van der Waals surface area contributed by atoms with E-state index in [0.717, 1.165) is 18.4 Å². The van der Waals surface area contributed by atoms with Gasteiger partial charge in [-0.3, -0.25) is 0 Å². The van der Waals surface area contributed by atoms with Gasteiger partial charge in [0.25, 0.3) is 0 Å². The van der Waals surface area contributed by atoms with E-state index in [4.69, 9.17) is 4.74 Å². The fraction of sp³-hybridized carbons (Fsp3) is 0.727. The summed E-state index contributed by atoms with van der Waals surface area (Å²) in [5.41, 5.74) is 0.802. The zero-order valence-electron chi connectivity index (χ0n) is 9.09. The molecule has 0 amide bonds. The van der Waals surface area contributed by atoms with Crippen LogP contribution in [0.15, 0.2) is 11.6 Å². The van der Waals surface area contributed by atoms with Crippen LogP contribution in [-0.4, -0.2) is 12.6 Å². The lowest BCUT2D eigenvalue weighted by Crippen LogP contribution is -2.08. The summed E-state index contributed by atoms with van der Waals surface area (Å²) in [5.74, 6) is 0.296. The number of carbonyl (C=O) groups is 1. The van der Waals surface area contributed by atoms with E-state index < -0.39 is 0 Å². The minimum atomic E-state index is -0.162. The second-order valence-corrected chi connectivity index (χ2v) is 3.15. The maximum atomic E-state index is 11.3. The first kappa shape index (κ1) is 12.2. The highest BCUT2D eigenvalue weighted by atomic mass is 16.5. The molecule has 0 bridgehead atoms. The fourth-order valence-electron chi connectivity index (χ4n) is 1.02. The predicted molar refractivity (Wildman–Crippen MR) is 54.5 cm³/mol. The van der Waals surface area contributed by atoms with Gasteiger partial charge < -0.3 is 4.74 Å². The molecule has 0 aromatic rings. The smallest absolute Gasteiger partial charge is 0.333 e. The SMILES string of the molecule is CCOC(=O)/C(=C\[C@@H](C)CC)CC. The van der Waals surface area contributed by atoms with Crippen LogP contribution >= 0.6 is 0 Å². The normalized spacial score (nSPS) is 14.0. The van der Waals surface area contributed by atoms with Crippen molar-refractivity contribution in [1.82, 2.24) is 0 Å². The second-order valence-electron chi connectivity index (χ2n) is 3.15. The molecule has 0 radical (unpaired) electrons. The molecule has 0 unspecified atom stereocenters. The molecule has 0 aliphatic rings. The van der Waals surface area contributed by atoms with Gasteiger partial charge in [-0.25, -0.2) is 4.79 Å². The van der Waals surface area contributed by atoms with E-state index in [-0.39, 0.29) is 5.97 Å². The quantitative estimate of drug-likeness (QED) is 0.485. The standard InChI is InChI=1S/C11H20O2/c1-5-9(4)8-10(6-2)11(12)13-7-3/h8-9H,5-7H2,1-4H3/b10-8-/t9-/m0/s1. The highest BCUT2D eigenvalue weighted by Gasteiger charge is 2.08. The Hall–Kier alpha value is -0.790. The minimum Gasteiger partial charge on any atom is -0.463 e. The molecular weight excluding hydrogens is 164 g/mol. The molecule has 0 aliphatic carbocycles. The zero-order valence-corrected chi connectivity index (χ0v) is 9.09. The van der Waals surface area contributed by atoms with Crippen LogP contribution in [0.1, 0.15) is 40.5 Å². The summed E-state index contributed by atoms with van der Waals surface area (Å²) in [7, 11) is 0. The van der Waals surface area contributed by atoms with Gasteiger partial charge in [0.2, 0.25) is 0 Å². The third-order valence-corrected chi connectivity index (χ3v) is 2.05. The van der Waals surface area contributed by atoms with Crippen molar-refractivity contribution in [3.63, 3.8) is 0 Å². The molecule has 13 heavy (non-hydrogen) atoms. The Morgan fingerprint density at radius 1 is 1.38 bits per heavy atom. The Morgan fingerprint density at radius 3 is 2.38 bits per heavy atom. The predicted octanol–water partition coefficient (Wildman–Crippen LogP) is 2.93. The van der Waals surface area contributed by atoms with Crippen LogP contribution in [0.5, 0.6) is 0 Å². The van der Waals surface area contributed by atoms with E-state index in [1.165, 1.54) is 0 Å². The number of hydrogen-bond donors (Lipinski definition) is 0. The number of ether oxygens (including phenoxy) is 1. The summed E-state index contributed by atoms with van der Waals surface area (Å²) >= 11 is 0. The lowest BCUT2D eigenvalue weighted by Gasteiger charge is -2.07. The van der Waals surface area contributed by atoms with Crippen molar-refractivity contribution in [2.45, 2.75) is 40.5 Å². The van der Waals surface area contributed by atoms with Crippen LogP contribution in [0.3, 0.4) is 0 Å². The summed E-state index contributed by atoms with van der Waals surface area (Å²) in [5, 5.41) is 0. The molecule has 0 N–H and O–H groups in total. The Balaban J connectivity index is 4.31. The monoisotopic (exact) mass is 184 g/mol. The van der Waals surface area contributed by atoms with Gasteiger partial charge in [-0.2, -0.15) is 0 Å². The largest absolute Gasteiger partial charge is 0.463 e. The first-order valence-electron chi connectivity index (χ1n) is 5.03. The molecular formula is C11H20O2. The summed E-state index contributed by atoms with van der Waals surface area (Å²) in [6, 6.07) is 0. The second kappa shape index (κ2) is 6.70. The van der Waals surface area contributed by atoms with Crippen molar-refractivity contribution in [2.24, 2.45) is 5.92 Å². The molecule has 0 spiro atoms. The van der Waals surface area contributed by atoms with Crippen molar-refractivity contribution in [2.75, 3.05) is 6.61 Å². The molecule has 0 heterocycles. The minimum absolute atomic E-state index is 0.162. The number of allylic oxidation sites excluding steroid dienone is 1. The Labute approximate surface area is 81.0 Å². The van der Waals surface area contributed by atoms with E-state index in [0.29, 0.717) is 12.5 Å². The van der Waals surface area contributed by atoms with E-state index in [1.54, 1.807) is 0 Å². The Morgan fingerprint density at radius 2 is 2.00 bits per heavy atom. The molecule has 0 fully saturated rings. The van der Waals surface area contributed by atoms with Crippen LogP contribution < -0.4 is 0 Å². The average Bonchev–Trinajstić information content (AvgIpc) is 2.14. The Kier molecular flexibility index (Phi) is 6.29. The van der Waals surface area contributed by atoms with Crippen molar-refractivity contribution < 1.29 is 9.53 Å². The third-order valence-electron chi connectivity index (χ3n) is 2.05. The molecule has 2 nitrogen and oxygen atoms in total. The van der Waals surface area contributed by atoms with E-state index in [2.05, 4.69) is 13.8 Å². The number of rotatable bonds is 5. The lowest BCUT2D eigenvalue weighted by atomic mass is 10.0. The molecule has 1 atom stereocenters. The maximum absolute atomic E-state index is 11.3. The topological polar surface area (TPSA) is 26.3 Å². The van der Waals surface area contributed by atoms with Gasteiger partial charge in [0.1, 0.15) is 0 Å². The van der Waals surface area contributed by atoms with Crippen LogP contribution in [0.4, 0.5) is 0 Å². The highest BCUT2D eigenvalue weighted by molar-refractivity contribution is 5.88. The van der Waals surface area contributed by atoms with Crippen molar-refractivity contribution >= 4 is 5.97 Å². The van der Waals surface area contributed by atoms with E-state index in [9.17, 15) is 4.79 Å². The zero-order chi connectivity index (χ0) is 10.3. The van der Waals surface area contributed by atoms with E-state index in [1.807, 2.05) is 19.9 Å². The summed E-state index contributed by atoms with van der Waals surface area (Å²) < 4.78 is 4.93. The molecule has 0 saturated heterocycles. The molecule has 76 valence electrons. The summed E-state index contributed by atoms with van der Waals surface area (Å²) in [4.78, 5) is 11.3. The van der Waals surface area contributed by atoms with Gasteiger partial charge in [0.05, 0.1) is 6.61 Å². The molecule has 0 saturated carbocycles. The molecule has 0 aromatic carbocycles. The average molecular weight is 184 g/mol. The number of carbonyl (C=O) groups excluding carboxylic acids is 1. The number of esters is 1. The van der Waals surface area contributed by atoms with Gasteiger partial charge in [-0.05, 0) is 19.3 Å². The first-order chi connectivity index (χ1) is 6.15.